The Bertz CT molecular complexity index is 1170. The van der Waals surface area contributed by atoms with Crippen molar-refractivity contribution in [3.05, 3.63) is 59.7 Å². The third kappa shape index (κ3) is 7.20. The van der Waals surface area contributed by atoms with Crippen molar-refractivity contribution < 1.29 is 33.4 Å². The van der Waals surface area contributed by atoms with Crippen molar-refractivity contribution in [2.45, 2.75) is 39.0 Å². The van der Waals surface area contributed by atoms with Crippen LogP contribution >= 0.6 is 0 Å². The highest BCUT2D eigenvalue weighted by atomic mass is 16.6. The molecule has 208 valence electrons. The Hall–Kier alpha value is -4.25. The summed E-state index contributed by atoms with van der Waals surface area (Å²) >= 11 is 0. The van der Waals surface area contributed by atoms with Crippen LogP contribution in [0.1, 0.15) is 38.0 Å². The first-order valence-electron chi connectivity index (χ1n) is 12.6. The van der Waals surface area contributed by atoms with Crippen molar-refractivity contribution in [1.82, 2.24) is 20.9 Å². The van der Waals surface area contributed by atoms with Crippen LogP contribution < -0.4 is 16.0 Å². The Morgan fingerprint density at radius 2 is 1.51 bits per heavy atom. The van der Waals surface area contributed by atoms with Gasteiger partial charge in [-0.15, -0.1) is 0 Å². The van der Waals surface area contributed by atoms with Gasteiger partial charge in [0.05, 0.1) is 6.54 Å². The van der Waals surface area contributed by atoms with Gasteiger partial charge < -0.3 is 30.2 Å². The van der Waals surface area contributed by atoms with Crippen LogP contribution in [0.15, 0.2) is 48.5 Å². The van der Waals surface area contributed by atoms with E-state index in [-0.39, 0.29) is 25.8 Å². The van der Waals surface area contributed by atoms with Crippen LogP contribution in [0.4, 0.5) is 4.79 Å². The number of nitrogens with zero attached hydrogens (tertiary/aromatic N) is 1. The number of hydrogen-bond acceptors (Lipinski definition) is 7. The molecule has 3 rings (SSSR count). The summed E-state index contributed by atoms with van der Waals surface area (Å²) in [6.45, 7) is 4.38. The number of carbonyl (C=O) groups excluding carboxylic acids is 5. The lowest BCUT2D eigenvalue weighted by Gasteiger charge is -2.31. The molecule has 2 aromatic carbocycles. The summed E-state index contributed by atoms with van der Waals surface area (Å²) in [4.78, 5) is 62.1. The predicted octanol–water partition coefficient (Wildman–Crippen LogP) is 1.76. The molecule has 0 spiro atoms. The highest BCUT2D eigenvalue weighted by molar-refractivity contribution is 5.92. The largest absolute Gasteiger partial charge is 0.436 e. The van der Waals surface area contributed by atoms with Gasteiger partial charge in [0, 0.05) is 18.2 Å². The van der Waals surface area contributed by atoms with Gasteiger partial charge in [0.15, 0.2) is 6.10 Å². The topological polar surface area (TPSA) is 143 Å². The summed E-state index contributed by atoms with van der Waals surface area (Å²) < 4.78 is 10.7. The minimum atomic E-state index is -0.976. The second-order valence-electron chi connectivity index (χ2n) is 9.47. The van der Waals surface area contributed by atoms with E-state index in [1.807, 2.05) is 48.5 Å². The molecule has 0 unspecified atom stereocenters. The van der Waals surface area contributed by atoms with Crippen molar-refractivity contribution in [2.24, 2.45) is 5.92 Å². The van der Waals surface area contributed by atoms with Crippen LogP contribution in [0.2, 0.25) is 0 Å². The van der Waals surface area contributed by atoms with E-state index in [0.717, 1.165) is 22.3 Å². The Kier molecular flexibility index (Phi) is 10.2. The number of likely N-dealkylation sites (N-methyl/N-ethyl adjacent to an activating group) is 1. The summed E-state index contributed by atoms with van der Waals surface area (Å²) in [5.41, 5.74) is 3.73. The molecule has 0 heterocycles. The molecule has 1 aliphatic carbocycles. The lowest BCUT2D eigenvalue weighted by molar-refractivity contribution is -0.132. The summed E-state index contributed by atoms with van der Waals surface area (Å²) in [7, 11) is 1.49. The van der Waals surface area contributed by atoms with Gasteiger partial charge in [-0.25, -0.2) is 4.79 Å². The van der Waals surface area contributed by atoms with Gasteiger partial charge >= 0.3 is 6.09 Å². The SMILES string of the molecule is CC(C)[C@@H](C(=O)N[C@@H](C)C(=O)NCC(=O)NCOCC=O)N(C)C(=O)OC1c2ccccc2-c2ccccc21. The number of amides is 4. The fourth-order valence-corrected chi connectivity index (χ4v) is 4.45. The molecule has 3 N–H and O–H groups in total. The molecule has 0 radical (unpaired) electrons. The Morgan fingerprint density at radius 1 is 0.923 bits per heavy atom. The van der Waals surface area contributed by atoms with E-state index in [2.05, 4.69) is 16.0 Å². The maximum Gasteiger partial charge on any atom is 0.411 e. The van der Waals surface area contributed by atoms with Crippen LogP contribution in [0.25, 0.3) is 11.1 Å². The quantitative estimate of drug-likeness (QED) is 0.212. The van der Waals surface area contributed by atoms with Crippen LogP contribution in [0.3, 0.4) is 0 Å². The van der Waals surface area contributed by atoms with E-state index in [9.17, 15) is 24.0 Å². The number of benzene rings is 2. The highest BCUT2D eigenvalue weighted by Crippen LogP contribution is 2.45. The number of ether oxygens (including phenoxy) is 2. The number of rotatable bonds is 12. The molecule has 0 aromatic heterocycles. The standard InChI is InChI=1S/C28H34N4O7/c1-17(2)24(27(36)31-18(3)26(35)29-15-23(34)30-16-38-14-13-33)32(4)28(37)39-25-21-11-7-5-9-19(21)20-10-6-8-12-22(20)25/h5-13,17-18,24-25H,14-16H2,1-4H3,(H,29,35)(H,30,34)(H,31,36)/t18-,24-/m0/s1. The number of nitrogens with one attached hydrogen (secondary N) is 3. The van der Waals surface area contributed by atoms with Crippen molar-refractivity contribution in [2.75, 3.05) is 26.9 Å². The first kappa shape index (κ1) is 29.3. The minimum Gasteiger partial charge on any atom is -0.436 e. The zero-order chi connectivity index (χ0) is 28.5. The van der Waals surface area contributed by atoms with E-state index in [1.165, 1.54) is 18.9 Å². The van der Waals surface area contributed by atoms with Crippen molar-refractivity contribution in [3.63, 3.8) is 0 Å². The predicted molar refractivity (Wildman–Crippen MR) is 142 cm³/mol. The highest BCUT2D eigenvalue weighted by Gasteiger charge is 2.36. The first-order chi connectivity index (χ1) is 18.6. The molecule has 0 fully saturated rings. The molecule has 0 bridgehead atoms. The molecular weight excluding hydrogens is 504 g/mol. The lowest BCUT2D eigenvalue weighted by atomic mass is 10.0. The average Bonchev–Trinajstić information content (AvgIpc) is 3.23. The van der Waals surface area contributed by atoms with Gasteiger partial charge in [0.1, 0.15) is 31.7 Å². The summed E-state index contributed by atoms with van der Waals surface area (Å²) in [6.07, 6.45) is -0.735. The zero-order valence-corrected chi connectivity index (χ0v) is 22.4. The maximum atomic E-state index is 13.3. The van der Waals surface area contributed by atoms with E-state index < -0.39 is 42.0 Å². The molecule has 0 saturated carbocycles. The summed E-state index contributed by atoms with van der Waals surface area (Å²) in [6, 6.07) is 13.5. The molecule has 0 saturated heterocycles. The molecule has 4 amide bonds. The molecular formula is C28H34N4O7. The third-order valence-corrected chi connectivity index (χ3v) is 6.33. The molecule has 11 heteroatoms. The molecule has 11 nitrogen and oxygen atoms in total. The number of carbonyl (C=O) groups is 5. The van der Waals surface area contributed by atoms with Crippen LogP contribution in [-0.4, -0.2) is 74.0 Å². The second-order valence-corrected chi connectivity index (χ2v) is 9.47. The van der Waals surface area contributed by atoms with Crippen LogP contribution in [-0.2, 0) is 28.7 Å². The molecule has 1 aliphatic rings. The Labute approximate surface area is 227 Å². The molecule has 2 atom stereocenters. The van der Waals surface area contributed by atoms with Crippen LogP contribution in [0.5, 0.6) is 0 Å². The van der Waals surface area contributed by atoms with Crippen molar-refractivity contribution >= 4 is 30.1 Å². The van der Waals surface area contributed by atoms with E-state index in [4.69, 9.17) is 9.47 Å². The van der Waals surface area contributed by atoms with Gasteiger partial charge in [-0.1, -0.05) is 62.4 Å². The van der Waals surface area contributed by atoms with Gasteiger partial charge in [0.2, 0.25) is 17.7 Å². The van der Waals surface area contributed by atoms with Gasteiger partial charge in [0.25, 0.3) is 0 Å². The Balaban J connectivity index is 1.60. The first-order valence-corrected chi connectivity index (χ1v) is 12.6. The van der Waals surface area contributed by atoms with Gasteiger partial charge in [-0.2, -0.15) is 0 Å². The smallest absolute Gasteiger partial charge is 0.411 e. The molecule has 0 aliphatic heterocycles. The molecule has 39 heavy (non-hydrogen) atoms. The Morgan fingerprint density at radius 3 is 2.08 bits per heavy atom. The fourth-order valence-electron chi connectivity index (χ4n) is 4.45. The number of hydrogen-bond donors (Lipinski definition) is 3. The van der Waals surface area contributed by atoms with Gasteiger partial charge in [-0.05, 0) is 24.0 Å². The zero-order valence-electron chi connectivity index (χ0n) is 22.4. The summed E-state index contributed by atoms with van der Waals surface area (Å²) in [5.74, 6) is -1.94. The molecule has 2 aromatic rings. The normalized spacial score (nSPS) is 13.5. The van der Waals surface area contributed by atoms with E-state index in [0.29, 0.717) is 6.29 Å². The van der Waals surface area contributed by atoms with Crippen molar-refractivity contribution in [1.29, 1.82) is 0 Å². The summed E-state index contributed by atoms with van der Waals surface area (Å²) in [5, 5.41) is 7.40. The minimum absolute atomic E-state index is 0.157. The fraction of sp³-hybridized carbons (Fsp3) is 0.393. The van der Waals surface area contributed by atoms with Crippen LogP contribution in [0, 0.1) is 5.92 Å². The monoisotopic (exact) mass is 538 g/mol. The number of aldehydes is 1. The second kappa shape index (κ2) is 13.5. The van der Waals surface area contributed by atoms with E-state index in [1.54, 1.807) is 13.8 Å². The maximum absolute atomic E-state index is 13.3. The average molecular weight is 539 g/mol. The lowest BCUT2D eigenvalue weighted by Crippen LogP contribution is -2.55. The third-order valence-electron chi connectivity index (χ3n) is 6.33. The van der Waals surface area contributed by atoms with Crippen molar-refractivity contribution in [3.8, 4) is 11.1 Å². The van der Waals surface area contributed by atoms with Gasteiger partial charge in [-0.3, -0.25) is 19.3 Å². The van der Waals surface area contributed by atoms with E-state index >= 15 is 0 Å². The number of fused-ring (bicyclic) bond motifs is 3.